The van der Waals surface area contributed by atoms with Crippen molar-refractivity contribution in [1.29, 1.82) is 0 Å². The Morgan fingerprint density at radius 3 is 2.50 bits per heavy atom. The molecule has 0 bridgehead atoms. The Morgan fingerprint density at radius 2 is 1.89 bits per heavy atom. The van der Waals surface area contributed by atoms with Crippen LogP contribution >= 0.6 is 0 Å². The van der Waals surface area contributed by atoms with Gasteiger partial charge in [-0.1, -0.05) is 5.16 Å². The third-order valence-electron chi connectivity index (χ3n) is 2.72. The minimum atomic E-state index is 0.640. The molecule has 0 saturated heterocycles. The van der Waals surface area contributed by atoms with E-state index < -0.39 is 0 Å². The van der Waals surface area contributed by atoms with E-state index in [0.717, 1.165) is 34.5 Å². The maximum absolute atomic E-state index is 5.12. The molecular formula is C12H17N5O. The normalized spacial score (nSPS) is 10.4. The van der Waals surface area contributed by atoms with Gasteiger partial charge in [0.05, 0.1) is 5.69 Å². The Bertz CT molecular complexity index is 530. The Balaban J connectivity index is 2.13. The second-order valence-electron chi connectivity index (χ2n) is 4.09. The lowest BCUT2D eigenvalue weighted by Crippen LogP contribution is -2.06. The molecule has 0 spiro atoms. The van der Waals surface area contributed by atoms with Gasteiger partial charge in [0.1, 0.15) is 23.2 Å². The summed E-state index contributed by atoms with van der Waals surface area (Å²) in [6.45, 7) is 6.34. The molecule has 2 aromatic heterocycles. The summed E-state index contributed by atoms with van der Waals surface area (Å²) in [4.78, 5) is 8.57. The average molecular weight is 247 g/mol. The summed E-state index contributed by atoms with van der Waals surface area (Å²) in [5, 5.41) is 10.2. The molecule has 2 aromatic rings. The molecule has 2 N–H and O–H groups in total. The maximum atomic E-state index is 5.12. The Morgan fingerprint density at radius 1 is 1.17 bits per heavy atom. The van der Waals surface area contributed by atoms with Crippen LogP contribution in [0.1, 0.15) is 22.8 Å². The summed E-state index contributed by atoms with van der Waals surface area (Å²) in [5.41, 5.74) is 1.97. The summed E-state index contributed by atoms with van der Waals surface area (Å²) in [6.07, 6.45) is 0. The van der Waals surface area contributed by atoms with E-state index in [1.54, 1.807) is 0 Å². The van der Waals surface area contributed by atoms with Gasteiger partial charge in [0.2, 0.25) is 0 Å². The summed E-state index contributed by atoms with van der Waals surface area (Å²) in [5.74, 6) is 3.14. The number of hydrogen-bond donors (Lipinski definition) is 2. The molecule has 0 fully saturated rings. The third-order valence-corrected chi connectivity index (χ3v) is 2.72. The van der Waals surface area contributed by atoms with E-state index in [0.29, 0.717) is 6.54 Å². The summed E-state index contributed by atoms with van der Waals surface area (Å²) < 4.78 is 5.12. The standard InChI is InChI=1S/C12H17N5O/c1-7-10(8(2)18-17-7)6-14-12-5-11(13-4)15-9(3)16-12/h5H,6H2,1-4H3,(H2,13,14,15,16). The van der Waals surface area contributed by atoms with Gasteiger partial charge in [0.25, 0.3) is 0 Å². The highest BCUT2D eigenvalue weighted by molar-refractivity contribution is 5.47. The largest absolute Gasteiger partial charge is 0.373 e. The molecule has 0 radical (unpaired) electrons. The van der Waals surface area contributed by atoms with Gasteiger partial charge in [-0.05, 0) is 20.8 Å². The van der Waals surface area contributed by atoms with Crippen LogP contribution in [0.3, 0.4) is 0 Å². The minimum absolute atomic E-state index is 0.640. The fourth-order valence-corrected chi connectivity index (χ4v) is 1.72. The number of hydrogen-bond acceptors (Lipinski definition) is 6. The van der Waals surface area contributed by atoms with E-state index >= 15 is 0 Å². The molecule has 0 amide bonds. The van der Waals surface area contributed by atoms with Crippen LogP contribution < -0.4 is 10.6 Å². The second kappa shape index (κ2) is 5.03. The molecule has 0 saturated carbocycles. The first-order chi connectivity index (χ1) is 8.60. The van der Waals surface area contributed by atoms with Gasteiger partial charge in [0, 0.05) is 25.2 Å². The maximum Gasteiger partial charge on any atom is 0.138 e. The molecule has 6 heteroatoms. The lowest BCUT2D eigenvalue weighted by molar-refractivity contribution is 0.392. The quantitative estimate of drug-likeness (QED) is 0.861. The molecule has 96 valence electrons. The van der Waals surface area contributed by atoms with Crippen molar-refractivity contribution < 1.29 is 4.52 Å². The monoisotopic (exact) mass is 247 g/mol. The van der Waals surface area contributed by atoms with Crippen molar-refractivity contribution in [3.05, 3.63) is 28.9 Å². The summed E-state index contributed by atoms with van der Waals surface area (Å²) in [7, 11) is 1.83. The van der Waals surface area contributed by atoms with Crippen LogP contribution in [-0.4, -0.2) is 22.2 Å². The lowest BCUT2D eigenvalue weighted by atomic mass is 10.2. The fraction of sp³-hybridized carbons (Fsp3) is 0.417. The highest BCUT2D eigenvalue weighted by Crippen LogP contribution is 2.15. The predicted octanol–water partition coefficient (Wildman–Crippen LogP) is 2.04. The average Bonchev–Trinajstić information content (AvgIpc) is 2.66. The third kappa shape index (κ3) is 2.58. The molecule has 0 aliphatic rings. The van der Waals surface area contributed by atoms with Gasteiger partial charge in [-0.2, -0.15) is 0 Å². The van der Waals surface area contributed by atoms with E-state index in [4.69, 9.17) is 4.52 Å². The number of nitrogens with zero attached hydrogens (tertiary/aromatic N) is 3. The first-order valence-electron chi connectivity index (χ1n) is 5.79. The van der Waals surface area contributed by atoms with Crippen LogP contribution in [0.15, 0.2) is 10.6 Å². The van der Waals surface area contributed by atoms with Crippen molar-refractivity contribution in [2.24, 2.45) is 0 Å². The van der Waals surface area contributed by atoms with E-state index in [-0.39, 0.29) is 0 Å². The van der Waals surface area contributed by atoms with E-state index in [1.165, 1.54) is 0 Å². The molecule has 2 heterocycles. The van der Waals surface area contributed by atoms with Crippen LogP contribution in [0.5, 0.6) is 0 Å². The molecule has 6 nitrogen and oxygen atoms in total. The smallest absolute Gasteiger partial charge is 0.138 e. The fourth-order valence-electron chi connectivity index (χ4n) is 1.72. The zero-order chi connectivity index (χ0) is 13.1. The van der Waals surface area contributed by atoms with Crippen molar-refractivity contribution in [2.45, 2.75) is 27.3 Å². The van der Waals surface area contributed by atoms with Crippen LogP contribution in [0.2, 0.25) is 0 Å². The van der Waals surface area contributed by atoms with Crippen molar-refractivity contribution in [2.75, 3.05) is 17.7 Å². The van der Waals surface area contributed by atoms with Gasteiger partial charge in [-0.25, -0.2) is 9.97 Å². The highest BCUT2D eigenvalue weighted by Gasteiger charge is 2.09. The number of aryl methyl sites for hydroxylation is 3. The number of aromatic nitrogens is 3. The first-order valence-corrected chi connectivity index (χ1v) is 5.79. The van der Waals surface area contributed by atoms with Crippen LogP contribution in [-0.2, 0) is 6.54 Å². The zero-order valence-corrected chi connectivity index (χ0v) is 11.0. The molecule has 0 aliphatic carbocycles. The SMILES string of the molecule is CNc1cc(NCc2c(C)noc2C)nc(C)n1. The van der Waals surface area contributed by atoms with E-state index in [2.05, 4.69) is 25.8 Å². The highest BCUT2D eigenvalue weighted by atomic mass is 16.5. The van der Waals surface area contributed by atoms with Crippen LogP contribution in [0, 0.1) is 20.8 Å². The van der Waals surface area contributed by atoms with Crippen LogP contribution in [0.25, 0.3) is 0 Å². The molecule has 0 aromatic carbocycles. The van der Waals surface area contributed by atoms with E-state index in [9.17, 15) is 0 Å². The molecule has 0 aliphatic heterocycles. The van der Waals surface area contributed by atoms with Crippen molar-refractivity contribution in [1.82, 2.24) is 15.1 Å². The minimum Gasteiger partial charge on any atom is -0.373 e. The molecule has 0 atom stereocenters. The van der Waals surface area contributed by atoms with Gasteiger partial charge < -0.3 is 15.2 Å². The molecule has 0 unspecified atom stereocenters. The van der Waals surface area contributed by atoms with Crippen molar-refractivity contribution >= 4 is 11.6 Å². The second-order valence-corrected chi connectivity index (χ2v) is 4.09. The molecule has 2 rings (SSSR count). The topological polar surface area (TPSA) is 75.9 Å². The Kier molecular flexibility index (Phi) is 3.45. The summed E-state index contributed by atoms with van der Waals surface area (Å²) >= 11 is 0. The van der Waals surface area contributed by atoms with E-state index in [1.807, 2.05) is 33.9 Å². The zero-order valence-electron chi connectivity index (χ0n) is 11.0. The van der Waals surface area contributed by atoms with Gasteiger partial charge in [-0.15, -0.1) is 0 Å². The predicted molar refractivity (Wildman–Crippen MR) is 69.6 cm³/mol. The number of nitrogens with one attached hydrogen (secondary N) is 2. The molecular weight excluding hydrogens is 230 g/mol. The Labute approximate surface area is 106 Å². The summed E-state index contributed by atoms with van der Waals surface area (Å²) in [6, 6.07) is 1.87. The van der Waals surface area contributed by atoms with Crippen molar-refractivity contribution in [3.8, 4) is 0 Å². The number of rotatable bonds is 4. The lowest BCUT2D eigenvalue weighted by Gasteiger charge is -2.08. The van der Waals surface area contributed by atoms with Crippen molar-refractivity contribution in [3.63, 3.8) is 0 Å². The van der Waals surface area contributed by atoms with Gasteiger partial charge in [0.15, 0.2) is 0 Å². The van der Waals surface area contributed by atoms with Crippen LogP contribution in [0.4, 0.5) is 11.6 Å². The molecule has 18 heavy (non-hydrogen) atoms. The first kappa shape index (κ1) is 12.3. The number of anilines is 2. The van der Waals surface area contributed by atoms with Gasteiger partial charge in [-0.3, -0.25) is 0 Å². The Hall–Kier alpha value is -2.11. The van der Waals surface area contributed by atoms with Gasteiger partial charge >= 0.3 is 0 Å².